The Bertz CT molecular complexity index is 4130. The van der Waals surface area contributed by atoms with Crippen LogP contribution in [0.1, 0.15) is 65.1 Å². The van der Waals surface area contributed by atoms with E-state index in [4.69, 9.17) is 17.8 Å². The number of hydrogen-bond acceptors (Lipinski definition) is 1. The van der Waals surface area contributed by atoms with Crippen LogP contribution in [0.3, 0.4) is 0 Å². The topological polar surface area (TPSA) is 3.24 Å². The lowest BCUT2D eigenvalue weighted by molar-refractivity contribution is 0.767. The lowest BCUT2D eigenvalue weighted by Gasteiger charge is -2.36. The first-order valence-electron chi connectivity index (χ1n) is 30.3. The maximum Gasteiger partial charge on any atom is 0.0714 e. The van der Waals surface area contributed by atoms with Gasteiger partial charge < -0.3 is 4.90 Å². The molecular weight excluding hydrogens is 831 g/mol. The molecule has 13 rings (SSSR count). The highest BCUT2D eigenvalue weighted by Crippen LogP contribution is 2.60. The zero-order valence-electron chi connectivity index (χ0n) is 51.9. The van der Waals surface area contributed by atoms with Crippen molar-refractivity contribution in [2.75, 3.05) is 4.90 Å². The van der Waals surface area contributed by atoms with Crippen LogP contribution in [0, 0.1) is 0 Å². The van der Waals surface area contributed by atoms with Crippen LogP contribution in [0.2, 0.25) is 0 Å². The zero-order valence-corrected chi connectivity index (χ0v) is 36.9. The fourth-order valence-corrected chi connectivity index (χ4v) is 11.1. The molecule has 0 aliphatic heterocycles. The molecule has 0 amide bonds. The molecule has 0 saturated carbocycles. The van der Waals surface area contributed by atoms with Gasteiger partial charge in [0, 0.05) is 17.1 Å². The van der Waals surface area contributed by atoms with Crippen LogP contribution in [-0.4, -0.2) is 0 Å². The van der Waals surface area contributed by atoms with Gasteiger partial charge in [0.2, 0.25) is 0 Å². The Labute approximate surface area is 426 Å². The van der Waals surface area contributed by atoms with E-state index >= 15 is 0 Å². The molecule has 2 aliphatic rings. The second kappa shape index (κ2) is 16.5. The number of hydrogen-bond donors (Lipinski definition) is 0. The standard InChI is InChI=1S/C68H47N/c1-8-22-48(23-9-1)50-36-40-59-61-42-38-57(46-65(61)67(63(59)44-50,52-26-12-3-13-27-52)53-28-14-4-15-29-53)69(56-34-20-7-21-35-56)58-39-43-62-60-41-37-51(49-24-10-2-11-25-49)45-64(60)68(66(62)47-58,54-30-16-5-17-31-54)55-32-18-6-19-33-55/h1-47H/i1D,2D,7D,8D,9D,10D,11D,20D,21D,22D,23D,24D,25D,34D,35D. The van der Waals surface area contributed by atoms with Crippen molar-refractivity contribution in [2.24, 2.45) is 0 Å². The van der Waals surface area contributed by atoms with Crippen LogP contribution < -0.4 is 4.90 Å². The molecule has 0 saturated heterocycles. The molecule has 0 heterocycles. The fourth-order valence-electron chi connectivity index (χ4n) is 11.1. The lowest BCUT2D eigenvalue weighted by atomic mass is 9.67. The molecule has 1 nitrogen and oxygen atoms in total. The van der Waals surface area contributed by atoms with E-state index in [1.54, 1.807) is 17.0 Å². The highest BCUT2D eigenvalue weighted by atomic mass is 15.1. The molecule has 0 N–H and O–H groups in total. The molecule has 11 aromatic carbocycles. The highest BCUT2D eigenvalue weighted by Gasteiger charge is 2.48. The van der Waals surface area contributed by atoms with Gasteiger partial charge in [-0.2, -0.15) is 0 Å². The van der Waals surface area contributed by atoms with Gasteiger partial charge in [-0.1, -0.05) is 236 Å². The summed E-state index contributed by atoms with van der Waals surface area (Å²) in [7, 11) is 0. The van der Waals surface area contributed by atoms with E-state index < -0.39 is 77.3 Å². The Morgan fingerprint density at radius 2 is 0.565 bits per heavy atom. The Morgan fingerprint density at radius 3 is 0.913 bits per heavy atom. The smallest absolute Gasteiger partial charge is 0.0714 e. The van der Waals surface area contributed by atoms with Gasteiger partial charge in [-0.05, 0) is 137 Å². The van der Waals surface area contributed by atoms with Crippen molar-refractivity contribution in [3.8, 4) is 44.5 Å². The third kappa shape index (κ3) is 6.32. The minimum absolute atomic E-state index is 0.0500. The summed E-state index contributed by atoms with van der Waals surface area (Å²) in [5.74, 6) is 0. The Hall–Kier alpha value is -8.78. The van der Waals surface area contributed by atoms with Gasteiger partial charge in [-0.25, -0.2) is 0 Å². The molecule has 0 spiro atoms. The van der Waals surface area contributed by atoms with E-state index in [9.17, 15) is 2.74 Å². The van der Waals surface area contributed by atoms with Crippen LogP contribution >= 0.6 is 0 Å². The molecule has 2 aliphatic carbocycles. The quantitative estimate of drug-likeness (QED) is 0.140. The average molecular weight is 893 g/mol. The van der Waals surface area contributed by atoms with Gasteiger partial charge in [0.05, 0.1) is 31.4 Å². The van der Waals surface area contributed by atoms with E-state index in [0.29, 0.717) is 22.5 Å². The van der Waals surface area contributed by atoms with Gasteiger partial charge in [-0.15, -0.1) is 0 Å². The van der Waals surface area contributed by atoms with Crippen LogP contribution in [0.15, 0.2) is 285 Å². The van der Waals surface area contributed by atoms with Crippen LogP contribution in [-0.2, 0) is 10.8 Å². The molecule has 1 heteroatoms. The Morgan fingerprint density at radius 1 is 0.261 bits per heavy atom. The first-order valence-corrected chi connectivity index (χ1v) is 22.8. The summed E-state index contributed by atoms with van der Waals surface area (Å²) in [6, 6.07) is 55.6. The van der Waals surface area contributed by atoms with Gasteiger partial charge in [0.25, 0.3) is 0 Å². The summed E-state index contributed by atoms with van der Waals surface area (Å²) < 4.78 is 134. The second-order valence-electron chi connectivity index (χ2n) is 17.3. The summed E-state index contributed by atoms with van der Waals surface area (Å²) in [6.45, 7) is 0. The van der Waals surface area contributed by atoms with E-state index in [0.717, 1.165) is 66.8 Å². The lowest BCUT2D eigenvalue weighted by Crippen LogP contribution is -2.29. The van der Waals surface area contributed by atoms with Gasteiger partial charge in [0.15, 0.2) is 0 Å². The minimum atomic E-state index is -1.16. The van der Waals surface area contributed by atoms with Gasteiger partial charge >= 0.3 is 0 Å². The fraction of sp³-hybridized carbons (Fsp3) is 0.0294. The third-order valence-electron chi connectivity index (χ3n) is 13.9. The maximum atomic E-state index is 9.69. The van der Waals surface area contributed by atoms with E-state index in [-0.39, 0.29) is 41.0 Å². The summed E-state index contributed by atoms with van der Waals surface area (Å²) in [5.41, 5.74) is 9.01. The molecule has 0 atom stereocenters. The molecule has 0 bridgehead atoms. The molecule has 0 unspecified atom stereocenters. The van der Waals surface area contributed by atoms with Gasteiger partial charge in [0.1, 0.15) is 0 Å². The van der Waals surface area contributed by atoms with Crippen molar-refractivity contribution in [3.05, 3.63) is 329 Å². The van der Waals surface area contributed by atoms with Crippen molar-refractivity contribution in [2.45, 2.75) is 10.8 Å². The molecular formula is C68H47N. The summed E-state index contributed by atoms with van der Waals surface area (Å²) >= 11 is 0. The van der Waals surface area contributed by atoms with Crippen molar-refractivity contribution >= 4 is 17.1 Å². The van der Waals surface area contributed by atoms with E-state index in [2.05, 4.69) is 0 Å². The molecule has 0 aromatic heterocycles. The molecule has 11 aromatic rings. The minimum Gasteiger partial charge on any atom is -0.310 e. The Balaban J connectivity index is 1.11. The van der Waals surface area contributed by atoms with Crippen molar-refractivity contribution in [1.29, 1.82) is 0 Å². The maximum absolute atomic E-state index is 9.69. The number of nitrogens with zero attached hydrogens (tertiary/aromatic N) is 1. The van der Waals surface area contributed by atoms with E-state index in [1.807, 2.05) is 182 Å². The summed E-state index contributed by atoms with van der Waals surface area (Å²) in [5, 5.41) is 0. The summed E-state index contributed by atoms with van der Waals surface area (Å²) in [4.78, 5) is 1.71. The highest BCUT2D eigenvalue weighted by molar-refractivity contribution is 5.94. The van der Waals surface area contributed by atoms with Crippen molar-refractivity contribution in [1.82, 2.24) is 0 Å². The first-order chi connectivity index (χ1) is 40.4. The zero-order chi connectivity index (χ0) is 58.8. The number of rotatable bonds is 9. The average Bonchev–Trinajstić information content (AvgIpc) is 1.68. The molecule has 69 heavy (non-hydrogen) atoms. The third-order valence-corrected chi connectivity index (χ3v) is 13.9. The number of anilines is 3. The van der Waals surface area contributed by atoms with E-state index in [1.165, 1.54) is 0 Å². The SMILES string of the molecule is [2H]c1c([2H])c([2H])c(-c2ccc3c(c2)C(c2ccccc2)(c2ccccc2)c2cc(N(c4ccc5c(c4)C(c4ccccc4)(c4ccccc4)c4cc(-c6c([2H])c([2H])c([2H])c([2H])c6[2H])ccc4-5)c4c([2H])c([2H])c([2H])c([2H])c4[2H])ccc2-3)c([2H])c1[2H]. The van der Waals surface area contributed by atoms with Crippen molar-refractivity contribution in [3.63, 3.8) is 0 Å². The van der Waals surface area contributed by atoms with Crippen LogP contribution in [0.25, 0.3) is 44.5 Å². The molecule has 0 radical (unpaired) electrons. The van der Waals surface area contributed by atoms with Crippen LogP contribution in [0.5, 0.6) is 0 Å². The molecule has 0 fully saturated rings. The second-order valence-corrected chi connectivity index (χ2v) is 17.3. The predicted molar refractivity (Wildman–Crippen MR) is 287 cm³/mol. The molecule has 324 valence electrons. The summed E-state index contributed by atoms with van der Waals surface area (Å²) in [6.07, 6.45) is 0. The predicted octanol–water partition coefficient (Wildman–Crippen LogP) is 17.2. The number of para-hydroxylation sites is 1. The monoisotopic (exact) mass is 892 g/mol. The Kier molecular flexibility index (Phi) is 6.65. The number of benzene rings is 11. The normalized spacial score (nSPS) is 16.5. The van der Waals surface area contributed by atoms with Crippen LogP contribution in [0.4, 0.5) is 17.1 Å². The van der Waals surface area contributed by atoms with Gasteiger partial charge in [-0.3, -0.25) is 0 Å². The largest absolute Gasteiger partial charge is 0.310 e. The first kappa shape index (κ1) is 27.8. The number of fused-ring (bicyclic) bond motifs is 6. The van der Waals surface area contributed by atoms with Crippen molar-refractivity contribution < 1.29 is 20.6 Å².